The summed E-state index contributed by atoms with van der Waals surface area (Å²) in [6, 6.07) is 9.32. The predicted molar refractivity (Wildman–Crippen MR) is 108 cm³/mol. The van der Waals surface area contributed by atoms with E-state index in [-0.39, 0.29) is 5.91 Å². The largest absolute Gasteiger partial charge is 0.497 e. The third kappa shape index (κ3) is 5.23. The highest BCUT2D eigenvalue weighted by atomic mass is 16.5. The SMILES string of the molecule is COc1cc(/C=C/C(=O)NCc2cccnc2N2CCOCC2)cc(OC)c1. The maximum absolute atomic E-state index is 12.3. The Morgan fingerprint density at radius 2 is 1.93 bits per heavy atom. The molecule has 1 fully saturated rings. The molecule has 0 unspecified atom stereocenters. The number of carbonyl (C=O) groups is 1. The van der Waals surface area contributed by atoms with Gasteiger partial charge in [-0.05, 0) is 29.8 Å². The summed E-state index contributed by atoms with van der Waals surface area (Å²) in [5.41, 5.74) is 1.80. The highest BCUT2D eigenvalue weighted by Gasteiger charge is 2.15. The fourth-order valence-electron chi connectivity index (χ4n) is 2.97. The molecular weight excluding hydrogens is 358 g/mol. The molecule has 0 aliphatic carbocycles. The molecule has 0 bridgehead atoms. The Hall–Kier alpha value is -3.06. The number of methoxy groups -OCH3 is 2. The molecule has 2 aromatic rings. The average Bonchev–Trinajstić information content (AvgIpc) is 2.76. The minimum atomic E-state index is -0.182. The van der Waals surface area contributed by atoms with E-state index >= 15 is 0 Å². The third-order valence-corrected chi connectivity index (χ3v) is 4.43. The van der Waals surface area contributed by atoms with Gasteiger partial charge in [0.15, 0.2) is 0 Å². The van der Waals surface area contributed by atoms with Crippen molar-refractivity contribution in [2.24, 2.45) is 0 Å². The topological polar surface area (TPSA) is 72.9 Å². The van der Waals surface area contributed by atoms with Crippen LogP contribution >= 0.6 is 0 Å². The number of carbonyl (C=O) groups excluding carboxylic acids is 1. The van der Waals surface area contributed by atoms with Crippen LogP contribution < -0.4 is 19.7 Å². The minimum Gasteiger partial charge on any atom is -0.497 e. The van der Waals surface area contributed by atoms with E-state index in [1.54, 1.807) is 32.6 Å². The van der Waals surface area contributed by atoms with E-state index in [2.05, 4.69) is 15.2 Å². The standard InChI is InChI=1S/C21H25N3O4/c1-26-18-12-16(13-19(14-18)27-2)5-6-20(25)23-15-17-4-3-7-22-21(17)24-8-10-28-11-9-24/h3-7,12-14H,8-11,15H2,1-2H3,(H,23,25)/b6-5+. The molecule has 1 aliphatic heterocycles. The molecule has 7 nitrogen and oxygen atoms in total. The van der Waals surface area contributed by atoms with Crippen molar-refractivity contribution >= 4 is 17.8 Å². The van der Waals surface area contributed by atoms with Crippen LogP contribution in [0.5, 0.6) is 11.5 Å². The molecule has 0 spiro atoms. The summed E-state index contributed by atoms with van der Waals surface area (Å²) in [7, 11) is 3.18. The van der Waals surface area contributed by atoms with Crippen LogP contribution in [0.25, 0.3) is 6.08 Å². The van der Waals surface area contributed by atoms with Crippen LogP contribution in [0, 0.1) is 0 Å². The Morgan fingerprint density at radius 1 is 1.21 bits per heavy atom. The molecule has 28 heavy (non-hydrogen) atoms. The van der Waals surface area contributed by atoms with Gasteiger partial charge >= 0.3 is 0 Å². The van der Waals surface area contributed by atoms with Gasteiger partial charge in [-0.3, -0.25) is 4.79 Å². The fraction of sp³-hybridized carbons (Fsp3) is 0.333. The number of pyridine rings is 1. The number of nitrogens with zero attached hydrogens (tertiary/aromatic N) is 2. The zero-order valence-corrected chi connectivity index (χ0v) is 16.2. The first kappa shape index (κ1) is 19.7. The van der Waals surface area contributed by atoms with E-state index in [1.165, 1.54) is 6.08 Å². The van der Waals surface area contributed by atoms with E-state index in [0.29, 0.717) is 31.3 Å². The lowest BCUT2D eigenvalue weighted by molar-refractivity contribution is -0.116. The maximum atomic E-state index is 12.3. The summed E-state index contributed by atoms with van der Waals surface area (Å²) in [5.74, 6) is 2.06. The zero-order chi connectivity index (χ0) is 19.8. The van der Waals surface area contributed by atoms with E-state index in [1.807, 2.05) is 24.3 Å². The number of anilines is 1. The van der Waals surface area contributed by atoms with Crippen LogP contribution in [0.4, 0.5) is 5.82 Å². The van der Waals surface area contributed by atoms with Gasteiger partial charge in [0.05, 0.1) is 27.4 Å². The molecule has 0 radical (unpaired) electrons. The second-order valence-corrected chi connectivity index (χ2v) is 6.28. The molecule has 2 heterocycles. The third-order valence-electron chi connectivity index (χ3n) is 4.43. The molecule has 0 saturated carbocycles. The first-order chi connectivity index (χ1) is 13.7. The van der Waals surface area contributed by atoms with Crippen molar-refractivity contribution in [1.82, 2.24) is 10.3 Å². The van der Waals surface area contributed by atoms with Crippen molar-refractivity contribution in [3.63, 3.8) is 0 Å². The van der Waals surface area contributed by atoms with Gasteiger partial charge in [0.1, 0.15) is 17.3 Å². The summed E-state index contributed by atoms with van der Waals surface area (Å²) >= 11 is 0. The molecule has 0 atom stereocenters. The van der Waals surface area contributed by atoms with Crippen LogP contribution in [0.15, 0.2) is 42.6 Å². The average molecular weight is 383 g/mol. The van der Waals surface area contributed by atoms with Crippen molar-refractivity contribution in [2.75, 3.05) is 45.4 Å². The highest BCUT2D eigenvalue weighted by molar-refractivity contribution is 5.91. The van der Waals surface area contributed by atoms with Crippen LogP contribution in [0.1, 0.15) is 11.1 Å². The van der Waals surface area contributed by atoms with Gasteiger partial charge in [-0.15, -0.1) is 0 Å². The Kier molecular flexibility index (Phi) is 6.86. The zero-order valence-electron chi connectivity index (χ0n) is 16.2. The molecule has 1 aromatic heterocycles. The number of amides is 1. The van der Waals surface area contributed by atoms with Crippen LogP contribution in [-0.2, 0) is 16.1 Å². The maximum Gasteiger partial charge on any atom is 0.244 e. The van der Waals surface area contributed by atoms with Gasteiger partial charge < -0.3 is 24.4 Å². The summed E-state index contributed by atoms with van der Waals surface area (Å²) in [6.07, 6.45) is 5.00. The predicted octanol–water partition coefficient (Wildman–Crippen LogP) is 2.27. The van der Waals surface area contributed by atoms with Crippen molar-refractivity contribution in [3.8, 4) is 11.5 Å². The molecule has 3 rings (SSSR count). The number of aromatic nitrogens is 1. The molecule has 1 saturated heterocycles. The number of ether oxygens (including phenoxy) is 3. The summed E-state index contributed by atoms with van der Waals surface area (Å²) in [5, 5.41) is 2.92. The van der Waals surface area contributed by atoms with Gasteiger partial charge in [0.25, 0.3) is 0 Å². The van der Waals surface area contributed by atoms with Crippen molar-refractivity contribution < 1.29 is 19.0 Å². The first-order valence-electron chi connectivity index (χ1n) is 9.15. The van der Waals surface area contributed by atoms with Crippen LogP contribution in [0.3, 0.4) is 0 Å². The molecule has 1 aromatic carbocycles. The number of benzene rings is 1. The van der Waals surface area contributed by atoms with Gasteiger partial charge in [0, 0.05) is 43.5 Å². The van der Waals surface area contributed by atoms with Gasteiger partial charge in [-0.1, -0.05) is 6.07 Å². The Labute approximate surface area is 164 Å². The monoisotopic (exact) mass is 383 g/mol. The van der Waals surface area contributed by atoms with E-state index in [9.17, 15) is 4.79 Å². The lowest BCUT2D eigenvalue weighted by Crippen LogP contribution is -2.37. The lowest BCUT2D eigenvalue weighted by atomic mass is 10.2. The minimum absolute atomic E-state index is 0.182. The van der Waals surface area contributed by atoms with E-state index < -0.39 is 0 Å². The van der Waals surface area contributed by atoms with Crippen LogP contribution in [-0.4, -0.2) is 51.4 Å². The number of rotatable bonds is 7. The van der Waals surface area contributed by atoms with Crippen molar-refractivity contribution in [1.29, 1.82) is 0 Å². The second kappa shape index (κ2) is 9.75. The summed E-state index contributed by atoms with van der Waals surface area (Å²) < 4.78 is 15.9. The quantitative estimate of drug-likeness (QED) is 0.740. The molecule has 1 aliphatic rings. The normalized spacial score (nSPS) is 14.1. The first-order valence-corrected chi connectivity index (χ1v) is 9.15. The van der Waals surface area contributed by atoms with Crippen LogP contribution in [0.2, 0.25) is 0 Å². The molecule has 148 valence electrons. The van der Waals surface area contributed by atoms with Gasteiger partial charge in [-0.2, -0.15) is 0 Å². The Bertz CT molecular complexity index is 810. The van der Waals surface area contributed by atoms with Crippen molar-refractivity contribution in [3.05, 3.63) is 53.7 Å². The highest BCUT2D eigenvalue weighted by Crippen LogP contribution is 2.23. The van der Waals surface area contributed by atoms with E-state index in [0.717, 1.165) is 30.0 Å². The smallest absolute Gasteiger partial charge is 0.244 e. The second-order valence-electron chi connectivity index (χ2n) is 6.28. The summed E-state index contributed by atoms with van der Waals surface area (Å²) in [6.45, 7) is 3.39. The Morgan fingerprint density at radius 3 is 2.61 bits per heavy atom. The number of hydrogen-bond acceptors (Lipinski definition) is 6. The molecular formula is C21H25N3O4. The fourth-order valence-corrected chi connectivity index (χ4v) is 2.97. The number of nitrogens with one attached hydrogen (secondary N) is 1. The number of hydrogen-bond donors (Lipinski definition) is 1. The molecule has 7 heteroatoms. The number of morpholine rings is 1. The summed E-state index contributed by atoms with van der Waals surface area (Å²) in [4.78, 5) is 18.9. The van der Waals surface area contributed by atoms with E-state index in [4.69, 9.17) is 14.2 Å². The molecule has 1 N–H and O–H groups in total. The van der Waals surface area contributed by atoms with Gasteiger partial charge in [0.2, 0.25) is 5.91 Å². The Balaban J connectivity index is 1.63. The van der Waals surface area contributed by atoms with Gasteiger partial charge in [-0.25, -0.2) is 4.98 Å². The lowest BCUT2D eigenvalue weighted by Gasteiger charge is -2.29. The molecule has 1 amide bonds. The van der Waals surface area contributed by atoms with Crippen molar-refractivity contribution in [2.45, 2.75) is 6.54 Å².